The van der Waals surface area contributed by atoms with E-state index < -0.39 is 0 Å². The van der Waals surface area contributed by atoms with Crippen molar-refractivity contribution in [2.75, 3.05) is 4.90 Å². The summed E-state index contributed by atoms with van der Waals surface area (Å²) in [5, 5.41) is 1.20. The number of anilines is 1. The molecule has 0 radical (unpaired) electrons. The Morgan fingerprint density at radius 2 is 2.04 bits per heavy atom. The molecular weight excluding hydrogens is 411 g/mol. The van der Waals surface area contributed by atoms with Crippen LogP contribution in [0.25, 0.3) is 10.2 Å². The number of carbonyl (C=O) groups excluding carboxylic acids is 1. The Bertz CT molecular complexity index is 1050. The normalized spacial score (nSPS) is 11.2. The van der Waals surface area contributed by atoms with E-state index in [2.05, 4.69) is 4.98 Å². The van der Waals surface area contributed by atoms with Gasteiger partial charge in [-0.25, -0.2) is 4.98 Å². The maximum atomic E-state index is 13.1. The fourth-order valence-electron chi connectivity index (χ4n) is 2.55. The largest absolute Gasteiger partial charge is 0.467 e. The first-order valence-corrected chi connectivity index (χ1v) is 10.1. The molecule has 0 spiro atoms. The lowest BCUT2D eigenvalue weighted by Crippen LogP contribution is -2.29. The van der Waals surface area contributed by atoms with Crippen LogP contribution in [0, 0.1) is 6.92 Å². The van der Waals surface area contributed by atoms with Gasteiger partial charge in [-0.2, -0.15) is 0 Å². The van der Waals surface area contributed by atoms with Crippen LogP contribution in [0.3, 0.4) is 0 Å². The second kappa shape index (κ2) is 7.04. The summed E-state index contributed by atoms with van der Waals surface area (Å²) in [5.41, 5.74) is 1.82. The van der Waals surface area contributed by atoms with E-state index in [-0.39, 0.29) is 12.5 Å². The van der Waals surface area contributed by atoms with Gasteiger partial charge >= 0.3 is 0 Å². The van der Waals surface area contributed by atoms with Gasteiger partial charge in [0.2, 0.25) is 0 Å². The van der Waals surface area contributed by atoms with Crippen molar-refractivity contribution in [3.8, 4) is 0 Å². The zero-order valence-electron chi connectivity index (χ0n) is 13.5. The summed E-state index contributed by atoms with van der Waals surface area (Å²) < 4.78 is 6.86. The third-order valence-corrected chi connectivity index (χ3v) is 6.60. The topological polar surface area (TPSA) is 46.3 Å². The van der Waals surface area contributed by atoms with Gasteiger partial charge < -0.3 is 4.42 Å². The van der Waals surface area contributed by atoms with Gasteiger partial charge in [0.05, 0.1) is 37.3 Å². The lowest BCUT2D eigenvalue weighted by molar-refractivity contribution is 0.0987. The molecule has 4 rings (SSSR count). The summed E-state index contributed by atoms with van der Waals surface area (Å²) in [6.45, 7) is 2.25. The highest BCUT2D eigenvalue weighted by Gasteiger charge is 2.24. The number of halogens is 2. The molecule has 0 aliphatic carbocycles. The molecule has 0 N–H and O–H groups in total. The number of benzene rings is 1. The van der Waals surface area contributed by atoms with Gasteiger partial charge in [-0.3, -0.25) is 9.69 Å². The number of rotatable bonds is 4. The first-order chi connectivity index (χ1) is 12.5. The molecule has 0 saturated carbocycles. The van der Waals surface area contributed by atoms with E-state index in [0.29, 0.717) is 25.1 Å². The molecule has 4 nitrogen and oxygen atoms in total. The van der Waals surface area contributed by atoms with Crippen LogP contribution in [-0.4, -0.2) is 10.9 Å². The molecule has 4 aromatic rings. The highest BCUT2D eigenvalue weighted by Crippen LogP contribution is 2.37. The number of aryl methyl sites for hydroxylation is 1. The van der Waals surface area contributed by atoms with E-state index in [1.807, 2.05) is 25.1 Å². The number of aromatic nitrogens is 1. The van der Waals surface area contributed by atoms with Crippen LogP contribution in [0.15, 0.2) is 47.1 Å². The molecule has 0 unspecified atom stereocenters. The van der Waals surface area contributed by atoms with Crippen LogP contribution < -0.4 is 4.90 Å². The number of thiophene rings is 1. The van der Waals surface area contributed by atoms with Gasteiger partial charge in [-0.15, -0.1) is 11.3 Å². The second-order valence-corrected chi connectivity index (χ2v) is 8.71. The van der Waals surface area contributed by atoms with Gasteiger partial charge in [-0.1, -0.05) is 40.6 Å². The highest BCUT2D eigenvalue weighted by molar-refractivity contribution is 7.23. The predicted molar refractivity (Wildman–Crippen MR) is 108 cm³/mol. The Balaban J connectivity index is 1.81. The molecule has 3 heterocycles. The van der Waals surface area contributed by atoms with Crippen molar-refractivity contribution in [3.05, 3.63) is 68.2 Å². The van der Waals surface area contributed by atoms with Crippen LogP contribution in [0.4, 0.5) is 5.13 Å². The predicted octanol–water partition coefficient (Wildman–Crippen LogP) is 6.41. The van der Waals surface area contributed by atoms with Crippen molar-refractivity contribution < 1.29 is 9.21 Å². The van der Waals surface area contributed by atoms with E-state index >= 15 is 0 Å². The average molecular weight is 423 g/mol. The Hall–Kier alpha value is -1.86. The minimum atomic E-state index is -0.175. The Labute approximate surface area is 167 Å². The minimum Gasteiger partial charge on any atom is -0.467 e. The number of carbonyl (C=O) groups is 1. The lowest BCUT2D eigenvalue weighted by Gasteiger charge is -2.17. The number of amides is 1. The van der Waals surface area contributed by atoms with E-state index in [4.69, 9.17) is 27.6 Å². The third kappa shape index (κ3) is 3.25. The molecule has 3 aromatic heterocycles. The van der Waals surface area contributed by atoms with Crippen molar-refractivity contribution in [1.29, 1.82) is 0 Å². The molecule has 26 heavy (non-hydrogen) atoms. The SMILES string of the molecule is Cc1ccc(Cl)c2sc(N(Cc3ccco3)C(=O)c3ccc(Cl)s3)nc12. The Morgan fingerprint density at radius 1 is 1.19 bits per heavy atom. The van der Waals surface area contributed by atoms with Crippen LogP contribution in [0.5, 0.6) is 0 Å². The maximum absolute atomic E-state index is 13.1. The molecule has 1 aromatic carbocycles. The molecule has 0 fully saturated rings. The first-order valence-electron chi connectivity index (χ1n) is 7.68. The molecule has 0 saturated heterocycles. The number of fused-ring (bicyclic) bond motifs is 1. The van der Waals surface area contributed by atoms with Gasteiger partial charge in [0.25, 0.3) is 5.91 Å². The number of hydrogen-bond donors (Lipinski definition) is 0. The van der Waals surface area contributed by atoms with Gasteiger partial charge in [0.15, 0.2) is 5.13 Å². The van der Waals surface area contributed by atoms with Gasteiger partial charge in [0.1, 0.15) is 5.76 Å². The number of hydrogen-bond acceptors (Lipinski definition) is 5. The number of thiazole rings is 1. The van der Waals surface area contributed by atoms with Crippen LogP contribution in [0.2, 0.25) is 9.36 Å². The molecule has 0 aliphatic rings. The fourth-order valence-corrected chi connectivity index (χ4v) is 4.86. The zero-order chi connectivity index (χ0) is 18.3. The zero-order valence-corrected chi connectivity index (χ0v) is 16.7. The van der Waals surface area contributed by atoms with E-state index in [1.165, 1.54) is 22.7 Å². The van der Waals surface area contributed by atoms with Crippen molar-refractivity contribution in [3.63, 3.8) is 0 Å². The maximum Gasteiger partial charge on any atom is 0.270 e. The first kappa shape index (κ1) is 17.5. The smallest absolute Gasteiger partial charge is 0.270 e. The van der Waals surface area contributed by atoms with Crippen LogP contribution in [0.1, 0.15) is 21.0 Å². The number of furan rings is 1. The van der Waals surface area contributed by atoms with E-state index in [1.54, 1.807) is 29.4 Å². The second-order valence-electron chi connectivity index (χ2n) is 5.61. The quantitative estimate of drug-likeness (QED) is 0.381. The Kier molecular flexibility index (Phi) is 4.75. The summed E-state index contributed by atoms with van der Waals surface area (Å²) in [5.74, 6) is 0.495. The summed E-state index contributed by atoms with van der Waals surface area (Å²) in [6.07, 6.45) is 1.58. The lowest BCUT2D eigenvalue weighted by atomic mass is 10.2. The monoisotopic (exact) mass is 422 g/mol. The van der Waals surface area contributed by atoms with Gasteiger partial charge in [-0.05, 0) is 42.8 Å². The summed E-state index contributed by atoms with van der Waals surface area (Å²) in [4.78, 5) is 19.9. The van der Waals surface area contributed by atoms with E-state index in [0.717, 1.165) is 15.8 Å². The molecule has 0 aliphatic heterocycles. The summed E-state index contributed by atoms with van der Waals surface area (Å²) >= 11 is 15.0. The molecule has 1 amide bonds. The standard InChI is InChI=1S/C18H12Cl2N2O2S2/c1-10-4-5-12(19)16-15(10)21-18(26-16)22(9-11-3-2-8-24-11)17(23)13-6-7-14(20)25-13/h2-8H,9H2,1H3. The van der Waals surface area contributed by atoms with E-state index in [9.17, 15) is 4.79 Å². The van der Waals surface area contributed by atoms with Crippen molar-refractivity contribution in [2.45, 2.75) is 13.5 Å². The molecule has 0 bridgehead atoms. The van der Waals surface area contributed by atoms with Crippen LogP contribution in [-0.2, 0) is 6.54 Å². The minimum absolute atomic E-state index is 0.175. The molecule has 132 valence electrons. The summed E-state index contributed by atoms with van der Waals surface area (Å²) in [6, 6.07) is 10.8. The number of nitrogens with zero attached hydrogens (tertiary/aromatic N) is 2. The van der Waals surface area contributed by atoms with Crippen molar-refractivity contribution >= 4 is 67.1 Å². The average Bonchev–Trinajstić information content (AvgIpc) is 3.35. The highest BCUT2D eigenvalue weighted by atomic mass is 35.5. The van der Waals surface area contributed by atoms with Crippen molar-refractivity contribution in [2.24, 2.45) is 0 Å². The van der Waals surface area contributed by atoms with Crippen molar-refractivity contribution in [1.82, 2.24) is 4.98 Å². The van der Waals surface area contributed by atoms with Crippen LogP contribution >= 0.6 is 45.9 Å². The summed E-state index contributed by atoms with van der Waals surface area (Å²) in [7, 11) is 0. The fraction of sp³-hybridized carbons (Fsp3) is 0.111. The van der Waals surface area contributed by atoms with Gasteiger partial charge in [0, 0.05) is 0 Å². The third-order valence-electron chi connectivity index (χ3n) is 3.84. The molecular formula is C18H12Cl2N2O2S2. The molecule has 8 heteroatoms. The Morgan fingerprint density at radius 3 is 2.69 bits per heavy atom. The molecule has 0 atom stereocenters.